The molecule has 23 heavy (non-hydrogen) atoms. The normalized spacial score (nSPS) is 14.4. The van der Waals surface area contributed by atoms with E-state index in [0.29, 0.717) is 10.6 Å². The maximum Gasteiger partial charge on any atom is 0.257 e. The van der Waals surface area contributed by atoms with Crippen LogP contribution in [0.2, 0.25) is 5.02 Å². The number of rotatable bonds is 3. The summed E-state index contributed by atoms with van der Waals surface area (Å²) in [7, 11) is 0. The lowest BCUT2D eigenvalue weighted by atomic mass is 10.1. The molecule has 1 aliphatic rings. The zero-order chi connectivity index (χ0) is 15.5. The average Bonchev–Trinajstić information content (AvgIpc) is 2.99. The molecule has 1 saturated heterocycles. The minimum absolute atomic E-state index is 0. The van der Waals surface area contributed by atoms with Gasteiger partial charge in [0.25, 0.3) is 5.91 Å². The molecule has 1 N–H and O–H groups in total. The van der Waals surface area contributed by atoms with Crippen molar-refractivity contribution in [3.63, 3.8) is 0 Å². The molecule has 0 unspecified atom stereocenters. The molecule has 1 aliphatic heterocycles. The Labute approximate surface area is 147 Å². The van der Waals surface area contributed by atoms with Crippen molar-refractivity contribution in [3.8, 4) is 5.69 Å². The van der Waals surface area contributed by atoms with Crippen LogP contribution in [0.3, 0.4) is 0 Å². The van der Waals surface area contributed by atoms with E-state index in [1.165, 1.54) is 0 Å². The summed E-state index contributed by atoms with van der Waals surface area (Å²) in [6, 6.07) is 7.51. The summed E-state index contributed by atoms with van der Waals surface area (Å²) in [6.45, 7) is 5.20. The second-order valence-corrected chi connectivity index (χ2v) is 5.73. The second kappa shape index (κ2) is 7.81. The van der Waals surface area contributed by atoms with Crippen LogP contribution in [-0.4, -0.2) is 46.8 Å². The Morgan fingerprint density at radius 3 is 2.74 bits per heavy atom. The van der Waals surface area contributed by atoms with Crippen LogP contribution < -0.4 is 5.32 Å². The predicted octanol–water partition coefficient (Wildman–Crippen LogP) is 2.56. The summed E-state index contributed by atoms with van der Waals surface area (Å²) in [4.78, 5) is 14.6. The molecule has 1 aromatic carbocycles. The van der Waals surface area contributed by atoms with E-state index in [1.807, 2.05) is 36.1 Å². The summed E-state index contributed by atoms with van der Waals surface area (Å²) in [5.41, 5.74) is 2.49. The number of hydrogen-bond acceptors (Lipinski definition) is 3. The lowest BCUT2D eigenvalue weighted by Gasteiger charge is -2.27. The van der Waals surface area contributed by atoms with Crippen LogP contribution in [0.5, 0.6) is 0 Å². The number of piperazine rings is 1. The number of carbonyl (C=O) groups is 1. The topological polar surface area (TPSA) is 50.2 Å². The van der Waals surface area contributed by atoms with Gasteiger partial charge >= 0.3 is 0 Å². The first-order valence-corrected chi connectivity index (χ1v) is 7.91. The number of aromatic nitrogens is 2. The fourth-order valence-electron chi connectivity index (χ4n) is 2.76. The van der Waals surface area contributed by atoms with Gasteiger partial charge in [-0.2, -0.15) is 5.10 Å². The second-order valence-electron chi connectivity index (χ2n) is 5.29. The number of nitrogens with one attached hydrogen (secondary N) is 1. The zero-order valence-corrected chi connectivity index (χ0v) is 14.5. The Morgan fingerprint density at radius 1 is 1.35 bits per heavy atom. The minimum atomic E-state index is 0. The highest BCUT2D eigenvalue weighted by molar-refractivity contribution is 6.30. The first kappa shape index (κ1) is 17.8. The Hall–Kier alpha value is -1.56. The summed E-state index contributed by atoms with van der Waals surface area (Å²) >= 11 is 6.06. The molecule has 0 bridgehead atoms. The van der Waals surface area contributed by atoms with Gasteiger partial charge in [-0.1, -0.05) is 24.6 Å². The number of halogens is 2. The standard InChI is InChI=1S/C16H19ClN4O.ClH/c1-2-15-14(16(22)20-8-6-18-7-9-20)11-19-21(15)13-5-3-4-12(17)10-13;/h3-5,10-11,18H,2,6-9H2,1H3;1H. The van der Waals surface area contributed by atoms with Crippen LogP contribution in [-0.2, 0) is 6.42 Å². The summed E-state index contributed by atoms with van der Waals surface area (Å²) in [5.74, 6) is 0.0617. The Bertz CT molecular complexity index is 680. The third-order valence-electron chi connectivity index (χ3n) is 3.89. The number of nitrogens with zero attached hydrogens (tertiary/aromatic N) is 3. The molecule has 1 aromatic heterocycles. The van der Waals surface area contributed by atoms with E-state index in [9.17, 15) is 4.79 Å². The van der Waals surface area contributed by atoms with Gasteiger partial charge in [-0.15, -0.1) is 12.4 Å². The molecule has 5 nitrogen and oxygen atoms in total. The van der Waals surface area contributed by atoms with Crippen LogP contribution in [0.4, 0.5) is 0 Å². The van der Waals surface area contributed by atoms with Crippen molar-refractivity contribution < 1.29 is 4.79 Å². The average molecular weight is 355 g/mol. The Morgan fingerprint density at radius 2 is 2.09 bits per heavy atom. The van der Waals surface area contributed by atoms with Crippen LogP contribution in [0.25, 0.3) is 5.69 Å². The summed E-state index contributed by atoms with van der Waals surface area (Å²) in [6.07, 6.45) is 2.41. The molecule has 0 radical (unpaired) electrons. The van der Waals surface area contributed by atoms with Gasteiger partial charge in [0.1, 0.15) is 0 Å². The van der Waals surface area contributed by atoms with Crippen LogP contribution in [0.15, 0.2) is 30.5 Å². The van der Waals surface area contributed by atoms with E-state index in [4.69, 9.17) is 11.6 Å². The maximum atomic E-state index is 12.7. The van der Waals surface area contributed by atoms with Gasteiger partial charge < -0.3 is 10.2 Å². The molecule has 0 spiro atoms. The van der Waals surface area contributed by atoms with Gasteiger partial charge in [-0.05, 0) is 24.6 Å². The van der Waals surface area contributed by atoms with Gasteiger partial charge in [-0.3, -0.25) is 4.79 Å². The monoisotopic (exact) mass is 354 g/mol. The molecule has 1 amide bonds. The fourth-order valence-corrected chi connectivity index (χ4v) is 2.95. The highest BCUT2D eigenvalue weighted by atomic mass is 35.5. The van der Waals surface area contributed by atoms with Crippen molar-refractivity contribution in [1.82, 2.24) is 20.0 Å². The molecule has 0 atom stereocenters. The van der Waals surface area contributed by atoms with E-state index in [0.717, 1.165) is 44.0 Å². The third kappa shape index (κ3) is 3.68. The predicted molar refractivity (Wildman–Crippen MR) is 94.0 cm³/mol. The molecule has 3 rings (SSSR count). The molecule has 2 aromatic rings. The Kier molecular flexibility index (Phi) is 6.04. The van der Waals surface area contributed by atoms with Crippen LogP contribution in [0.1, 0.15) is 23.0 Å². The van der Waals surface area contributed by atoms with Gasteiger partial charge in [0.2, 0.25) is 0 Å². The third-order valence-corrected chi connectivity index (χ3v) is 4.13. The maximum absolute atomic E-state index is 12.7. The SMILES string of the molecule is CCc1c(C(=O)N2CCNCC2)cnn1-c1cccc(Cl)c1.Cl. The smallest absolute Gasteiger partial charge is 0.257 e. The molecule has 0 saturated carbocycles. The lowest BCUT2D eigenvalue weighted by Crippen LogP contribution is -2.46. The van der Waals surface area contributed by atoms with Crippen LogP contribution in [0, 0.1) is 0 Å². The van der Waals surface area contributed by atoms with Gasteiger partial charge in [0.15, 0.2) is 0 Å². The molecule has 7 heteroatoms. The highest BCUT2D eigenvalue weighted by Gasteiger charge is 2.23. The van der Waals surface area contributed by atoms with Crippen molar-refractivity contribution in [3.05, 3.63) is 46.7 Å². The largest absolute Gasteiger partial charge is 0.336 e. The van der Waals surface area contributed by atoms with Gasteiger partial charge in [-0.25, -0.2) is 4.68 Å². The minimum Gasteiger partial charge on any atom is -0.336 e. The van der Waals surface area contributed by atoms with E-state index < -0.39 is 0 Å². The zero-order valence-electron chi connectivity index (χ0n) is 13.0. The van der Waals surface area contributed by atoms with Crippen LogP contribution >= 0.6 is 24.0 Å². The van der Waals surface area contributed by atoms with Crippen molar-refractivity contribution in [1.29, 1.82) is 0 Å². The van der Waals surface area contributed by atoms with E-state index in [-0.39, 0.29) is 18.3 Å². The first-order valence-electron chi connectivity index (χ1n) is 7.53. The Balaban J connectivity index is 0.00000192. The highest BCUT2D eigenvalue weighted by Crippen LogP contribution is 2.20. The molecular formula is C16H20Cl2N4O. The summed E-state index contributed by atoms with van der Waals surface area (Å²) < 4.78 is 1.81. The van der Waals surface area contributed by atoms with Gasteiger partial charge in [0.05, 0.1) is 23.1 Å². The van der Waals surface area contributed by atoms with Gasteiger partial charge in [0, 0.05) is 31.2 Å². The van der Waals surface area contributed by atoms with Crippen molar-refractivity contribution >= 4 is 29.9 Å². The summed E-state index contributed by atoms with van der Waals surface area (Å²) in [5, 5.41) is 8.32. The fraction of sp³-hybridized carbons (Fsp3) is 0.375. The molecule has 1 fully saturated rings. The number of hydrogen-bond donors (Lipinski definition) is 1. The quantitative estimate of drug-likeness (QED) is 0.921. The first-order chi connectivity index (χ1) is 10.7. The lowest BCUT2D eigenvalue weighted by molar-refractivity contribution is 0.0734. The van der Waals surface area contributed by atoms with E-state index in [2.05, 4.69) is 10.4 Å². The number of amides is 1. The van der Waals surface area contributed by atoms with E-state index in [1.54, 1.807) is 10.9 Å². The molecule has 124 valence electrons. The van der Waals surface area contributed by atoms with Crippen molar-refractivity contribution in [2.24, 2.45) is 0 Å². The molecular weight excluding hydrogens is 335 g/mol. The number of carbonyl (C=O) groups excluding carboxylic acids is 1. The molecule has 0 aliphatic carbocycles. The number of benzene rings is 1. The molecule has 2 heterocycles. The van der Waals surface area contributed by atoms with E-state index >= 15 is 0 Å². The van der Waals surface area contributed by atoms with Crippen molar-refractivity contribution in [2.75, 3.05) is 26.2 Å². The van der Waals surface area contributed by atoms with Crippen molar-refractivity contribution in [2.45, 2.75) is 13.3 Å².